The van der Waals surface area contributed by atoms with Crippen LogP contribution < -0.4 is 0 Å². The highest BCUT2D eigenvalue weighted by Gasteiger charge is 2.22. The van der Waals surface area contributed by atoms with Gasteiger partial charge in [-0.05, 0) is 25.7 Å². The van der Waals surface area contributed by atoms with Crippen molar-refractivity contribution in [2.75, 3.05) is 13.2 Å². The monoisotopic (exact) mass is 422 g/mol. The molecule has 4 nitrogen and oxygen atoms in total. The van der Waals surface area contributed by atoms with Crippen molar-refractivity contribution in [3.05, 3.63) is 12.2 Å². The van der Waals surface area contributed by atoms with Crippen molar-refractivity contribution >= 4 is 11.9 Å². The Balaban J connectivity index is 1.97. The number of rotatable bonds is 16. The summed E-state index contributed by atoms with van der Waals surface area (Å²) in [6.07, 6.45) is 25.4. The largest absolute Gasteiger partial charge is 0.466 e. The summed E-state index contributed by atoms with van der Waals surface area (Å²) in [5.41, 5.74) is 0. The first kappa shape index (κ1) is 26.7. The van der Waals surface area contributed by atoms with Gasteiger partial charge in [0.2, 0.25) is 0 Å². The average Bonchev–Trinajstić information content (AvgIpc) is 2.74. The minimum Gasteiger partial charge on any atom is -0.466 e. The molecule has 0 amide bonds. The predicted molar refractivity (Wildman–Crippen MR) is 123 cm³/mol. The summed E-state index contributed by atoms with van der Waals surface area (Å²) in [6, 6.07) is 0. The van der Waals surface area contributed by atoms with Crippen molar-refractivity contribution in [1.29, 1.82) is 0 Å². The molecule has 0 spiro atoms. The number of allylic oxidation sites excluding steroid dienone is 1. The second kappa shape index (κ2) is 19.6. The zero-order valence-corrected chi connectivity index (χ0v) is 19.5. The minimum absolute atomic E-state index is 0.0913. The maximum Gasteiger partial charge on any atom is 0.313 e. The van der Waals surface area contributed by atoms with Gasteiger partial charge in [-0.15, -0.1) is 0 Å². The molecule has 1 heterocycles. The molecule has 0 aromatic heterocycles. The highest BCUT2D eigenvalue weighted by atomic mass is 16.5. The Morgan fingerprint density at radius 2 is 1.23 bits per heavy atom. The van der Waals surface area contributed by atoms with Crippen molar-refractivity contribution in [3.63, 3.8) is 0 Å². The van der Waals surface area contributed by atoms with Gasteiger partial charge < -0.3 is 9.47 Å². The van der Waals surface area contributed by atoms with Crippen molar-refractivity contribution in [2.45, 2.75) is 122 Å². The summed E-state index contributed by atoms with van der Waals surface area (Å²) < 4.78 is 10.4. The number of unbranched alkanes of at least 4 members (excludes halogenated alkanes) is 14. The average molecular weight is 423 g/mol. The molecule has 0 aromatic carbocycles. The van der Waals surface area contributed by atoms with Crippen LogP contribution in [-0.4, -0.2) is 25.2 Å². The minimum atomic E-state index is -0.498. The smallest absolute Gasteiger partial charge is 0.313 e. The quantitative estimate of drug-likeness (QED) is 0.149. The lowest BCUT2D eigenvalue weighted by Gasteiger charge is -2.14. The Bertz CT molecular complexity index is 458. The van der Waals surface area contributed by atoms with Gasteiger partial charge in [-0.1, -0.05) is 103 Å². The Kier molecular flexibility index (Phi) is 17.5. The van der Waals surface area contributed by atoms with Crippen molar-refractivity contribution in [3.8, 4) is 0 Å². The topological polar surface area (TPSA) is 52.6 Å². The van der Waals surface area contributed by atoms with Crippen LogP contribution in [0.4, 0.5) is 0 Å². The standard InChI is InChI=1S/C26H46O4/c1-2-3-4-5-6-7-8-9-10-11-12-13-14-15-16-17-20-24-23-25(27)29-21-18-19-22-30-26(24)28/h17,20,24H,2-16,18-19,21-23H2,1H3. The predicted octanol–water partition coefficient (Wildman–Crippen LogP) is 7.30. The number of cyclic esters (lactones) is 2. The highest BCUT2D eigenvalue weighted by Crippen LogP contribution is 2.15. The molecule has 0 N–H and O–H groups in total. The van der Waals surface area contributed by atoms with E-state index in [4.69, 9.17) is 9.47 Å². The molecule has 4 heteroatoms. The van der Waals surface area contributed by atoms with E-state index in [1.165, 1.54) is 83.5 Å². The maximum atomic E-state index is 12.1. The molecule has 1 atom stereocenters. The molecule has 0 aromatic rings. The van der Waals surface area contributed by atoms with Crippen LogP contribution in [0.25, 0.3) is 0 Å². The van der Waals surface area contributed by atoms with Gasteiger partial charge in [0.1, 0.15) is 0 Å². The first-order valence-corrected chi connectivity index (χ1v) is 12.7. The third-order valence-electron chi connectivity index (χ3n) is 5.83. The fourth-order valence-electron chi connectivity index (χ4n) is 3.86. The van der Waals surface area contributed by atoms with Gasteiger partial charge in [-0.2, -0.15) is 0 Å². The molecule has 1 aliphatic rings. The molecule has 0 aliphatic carbocycles. The van der Waals surface area contributed by atoms with E-state index in [0.717, 1.165) is 25.7 Å². The Hall–Kier alpha value is -1.32. The molecular formula is C26H46O4. The fraction of sp³-hybridized carbons (Fsp3) is 0.846. The summed E-state index contributed by atoms with van der Waals surface area (Å²) in [4.78, 5) is 23.9. The Labute approximate surface area is 185 Å². The molecule has 0 radical (unpaired) electrons. The van der Waals surface area contributed by atoms with E-state index >= 15 is 0 Å². The zero-order valence-electron chi connectivity index (χ0n) is 19.5. The molecule has 1 unspecified atom stereocenters. The second-order valence-electron chi connectivity index (χ2n) is 8.72. The van der Waals surface area contributed by atoms with E-state index in [1.54, 1.807) is 0 Å². The van der Waals surface area contributed by atoms with Crippen LogP contribution in [0.3, 0.4) is 0 Å². The van der Waals surface area contributed by atoms with Crippen LogP contribution in [0.5, 0.6) is 0 Å². The van der Waals surface area contributed by atoms with Gasteiger partial charge in [-0.3, -0.25) is 9.59 Å². The summed E-state index contributed by atoms with van der Waals surface area (Å²) in [5.74, 6) is -1.10. The Morgan fingerprint density at radius 1 is 0.733 bits per heavy atom. The first-order chi connectivity index (χ1) is 14.7. The van der Waals surface area contributed by atoms with Crippen LogP contribution in [0, 0.1) is 5.92 Å². The van der Waals surface area contributed by atoms with Crippen molar-refractivity contribution in [2.24, 2.45) is 5.92 Å². The fourth-order valence-corrected chi connectivity index (χ4v) is 3.86. The lowest BCUT2D eigenvalue weighted by Crippen LogP contribution is -2.22. The third-order valence-corrected chi connectivity index (χ3v) is 5.83. The van der Waals surface area contributed by atoms with Crippen LogP contribution in [0.1, 0.15) is 122 Å². The summed E-state index contributed by atoms with van der Waals surface area (Å²) in [7, 11) is 0. The van der Waals surface area contributed by atoms with Crippen LogP contribution in [-0.2, 0) is 19.1 Å². The van der Waals surface area contributed by atoms with Crippen molar-refractivity contribution in [1.82, 2.24) is 0 Å². The van der Waals surface area contributed by atoms with Crippen LogP contribution >= 0.6 is 0 Å². The lowest BCUT2D eigenvalue weighted by molar-refractivity contribution is -0.155. The molecule has 30 heavy (non-hydrogen) atoms. The second-order valence-corrected chi connectivity index (χ2v) is 8.72. The van der Waals surface area contributed by atoms with E-state index in [9.17, 15) is 9.59 Å². The van der Waals surface area contributed by atoms with E-state index in [1.807, 2.05) is 12.2 Å². The van der Waals surface area contributed by atoms with Gasteiger partial charge >= 0.3 is 11.9 Å². The van der Waals surface area contributed by atoms with Gasteiger partial charge in [0.15, 0.2) is 0 Å². The summed E-state index contributed by atoms with van der Waals surface area (Å²) in [5, 5.41) is 0. The zero-order chi connectivity index (χ0) is 21.7. The molecule has 1 rings (SSSR count). The van der Waals surface area contributed by atoms with E-state index in [0.29, 0.717) is 13.2 Å². The number of ether oxygens (including phenoxy) is 2. The van der Waals surface area contributed by atoms with E-state index in [-0.39, 0.29) is 18.4 Å². The molecule has 1 fully saturated rings. The lowest BCUT2D eigenvalue weighted by atomic mass is 10.0. The number of hydrogen-bond acceptors (Lipinski definition) is 4. The highest BCUT2D eigenvalue weighted by molar-refractivity contribution is 5.81. The van der Waals surface area contributed by atoms with Crippen LogP contribution in [0.15, 0.2) is 12.2 Å². The molecule has 174 valence electrons. The van der Waals surface area contributed by atoms with Gasteiger partial charge in [0.25, 0.3) is 0 Å². The molecule has 1 aliphatic heterocycles. The third kappa shape index (κ3) is 15.5. The molecule has 0 saturated carbocycles. The molecular weight excluding hydrogens is 376 g/mol. The van der Waals surface area contributed by atoms with E-state index < -0.39 is 5.92 Å². The number of carbonyl (C=O) groups excluding carboxylic acids is 2. The van der Waals surface area contributed by atoms with E-state index in [2.05, 4.69) is 6.92 Å². The number of hydrogen-bond donors (Lipinski definition) is 0. The Morgan fingerprint density at radius 3 is 1.80 bits per heavy atom. The van der Waals surface area contributed by atoms with Gasteiger partial charge in [-0.25, -0.2) is 0 Å². The SMILES string of the molecule is CCCCCCCCCCCCCCCCC=CC1CC(=O)OCCCCOC1=O. The van der Waals surface area contributed by atoms with Crippen molar-refractivity contribution < 1.29 is 19.1 Å². The normalized spacial score (nSPS) is 18.4. The molecule has 1 saturated heterocycles. The van der Waals surface area contributed by atoms with Gasteiger partial charge in [0.05, 0.1) is 25.6 Å². The number of carbonyl (C=O) groups is 2. The van der Waals surface area contributed by atoms with Gasteiger partial charge in [0, 0.05) is 0 Å². The summed E-state index contributed by atoms with van der Waals surface area (Å²) >= 11 is 0. The number of esters is 2. The first-order valence-electron chi connectivity index (χ1n) is 12.7. The molecule has 0 bridgehead atoms. The van der Waals surface area contributed by atoms with Crippen LogP contribution in [0.2, 0.25) is 0 Å². The summed E-state index contributed by atoms with van der Waals surface area (Å²) in [6.45, 7) is 3.11. The maximum absolute atomic E-state index is 12.1.